The van der Waals surface area contributed by atoms with Crippen LogP contribution < -0.4 is 16.0 Å². The van der Waals surface area contributed by atoms with Gasteiger partial charge in [0.1, 0.15) is 11.2 Å². The standard InChI is InChI=1S/C23H30F2N8O3/c1-21(22(18(26)34)14-23(22,24)25)5-10-31(11-6-21)17-2-7-27-19(30-17)29-15-12-28-33(13-15)16-3-8-32(9-4-16)20(35)36/h2,7,12-13,16H,3-6,8-11,14H2,1H3,(H2,26,34)(H,35,36)(H,27,29,30)/t22-/m1/s1. The Bertz CT molecular complexity index is 1160. The smallest absolute Gasteiger partial charge is 0.407 e. The third kappa shape index (κ3) is 3.99. The van der Waals surface area contributed by atoms with Crippen LogP contribution in [0.5, 0.6) is 0 Å². The zero-order chi connectivity index (χ0) is 25.7. The predicted molar refractivity (Wildman–Crippen MR) is 126 cm³/mol. The number of likely N-dealkylation sites (tertiary alicyclic amines) is 1. The van der Waals surface area contributed by atoms with E-state index in [0.29, 0.717) is 69.3 Å². The lowest BCUT2D eigenvalue weighted by molar-refractivity contribution is -0.135. The molecule has 194 valence electrons. The second-order valence-electron chi connectivity index (χ2n) is 10.3. The summed E-state index contributed by atoms with van der Waals surface area (Å²) >= 11 is 0. The Hall–Kier alpha value is -3.51. The lowest BCUT2D eigenvalue weighted by Gasteiger charge is -2.44. The first-order valence-electron chi connectivity index (χ1n) is 12.1. The molecule has 3 fully saturated rings. The summed E-state index contributed by atoms with van der Waals surface area (Å²) in [5.41, 5.74) is 3.53. The lowest BCUT2D eigenvalue weighted by Crippen LogP contribution is -2.50. The van der Waals surface area contributed by atoms with E-state index in [1.54, 1.807) is 25.4 Å². The first-order valence-corrected chi connectivity index (χ1v) is 12.1. The van der Waals surface area contributed by atoms with Crippen LogP contribution in [-0.2, 0) is 4.79 Å². The van der Waals surface area contributed by atoms with E-state index in [4.69, 9.17) is 10.8 Å². The van der Waals surface area contributed by atoms with Crippen molar-refractivity contribution in [1.82, 2.24) is 24.6 Å². The van der Waals surface area contributed by atoms with Crippen LogP contribution in [0.15, 0.2) is 24.7 Å². The van der Waals surface area contributed by atoms with Gasteiger partial charge >= 0.3 is 6.09 Å². The highest BCUT2D eigenvalue weighted by atomic mass is 19.3. The number of anilines is 3. The van der Waals surface area contributed by atoms with Crippen LogP contribution in [0.2, 0.25) is 0 Å². The number of primary amides is 1. The molecule has 2 aliphatic heterocycles. The van der Waals surface area contributed by atoms with Crippen LogP contribution in [-0.4, -0.2) is 73.9 Å². The lowest BCUT2D eigenvalue weighted by atomic mass is 9.67. The topological polar surface area (TPSA) is 142 Å². The summed E-state index contributed by atoms with van der Waals surface area (Å²) in [4.78, 5) is 35.4. The summed E-state index contributed by atoms with van der Waals surface area (Å²) in [6.07, 6.45) is 5.98. The summed E-state index contributed by atoms with van der Waals surface area (Å²) < 4.78 is 30.2. The van der Waals surface area contributed by atoms with Crippen LogP contribution in [0.25, 0.3) is 0 Å². The summed E-state index contributed by atoms with van der Waals surface area (Å²) in [6, 6.07) is 1.89. The Morgan fingerprint density at radius 2 is 1.86 bits per heavy atom. The molecule has 4 N–H and O–H groups in total. The molecular weight excluding hydrogens is 474 g/mol. The number of carboxylic acid groups (broad SMARTS) is 1. The third-order valence-corrected chi connectivity index (χ3v) is 8.24. The van der Waals surface area contributed by atoms with Crippen molar-refractivity contribution in [3.05, 3.63) is 24.7 Å². The molecule has 3 aliphatic rings. The van der Waals surface area contributed by atoms with Crippen molar-refractivity contribution in [3.8, 4) is 0 Å². The number of piperidine rings is 2. The number of nitrogens with zero attached hydrogens (tertiary/aromatic N) is 6. The number of hydrogen-bond donors (Lipinski definition) is 3. The van der Waals surface area contributed by atoms with Gasteiger partial charge in [-0.05, 0) is 37.2 Å². The van der Waals surface area contributed by atoms with Crippen LogP contribution in [0.4, 0.5) is 31.0 Å². The number of alkyl halides is 2. The van der Waals surface area contributed by atoms with Crippen molar-refractivity contribution < 1.29 is 23.5 Å². The second-order valence-corrected chi connectivity index (χ2v) is 10.3. The number of amides is 2. The van der Waals surface area contributed by atoms with E-state index in [2.05, 4.69) is 20.4 Å². The zero-order valence-corrected chi connectivity index (χ0v) is 20.0. The highest BCUT2D eigenvalue weighted by Crippen LogP contribution is 2.71. The van der Waals surface area contributed by atoms with Crippen molar-refractivity contribution in [2.24, 2.45) is 16.6 Å². The molecule has 0 aromatic carbocycles. The molecule has 13 heteroatoms. The minimum absolute atomic E-state index is 0.119. The molecule has 0 spiro atoms. The number of rotatable bonds is 6. The van der Waals surface area contributed by atoms with E-state index < -0.39 is 35.2 Å². The maximum Gasteiger partial charge on any atom is 0.407 e. The molecular formula is C23H30F2N8O3. The number of nitrogens with two attached hydrogens (primary N) is 1. The van der Waals surface area contributed by atoms with Crippen molar-refractivity contribution in [2.75, 3.05) is 36.4 Å². The number of hydrogen-bond acceptors (Lipinski definition) is 7. The molecule has 5 rings (SSSR count). The Kier molecular flexibility index (Phi) is 5.75. The maximum atomic E-state index is 14.2. The maximum absolute atomic E-state index is 14.2. The number of carbonyl (C=O) groups excluding carboxylic acids is 1. The Balaban J connectivity index is 1.21. The Morgan fingerprint density at radius 1 is 1.19 bits per heavy atom. The number of nitrogens with one attached hydrogen (secondary N) is 1. The second kappa shape index (κ2) is 8.56. The molecule has 11 nitrogen and oxygen atoms in total. The molecule has 4 heterocycles. The van der Waals surface area contributed by atoms with Gasteiger partial charge in [-0.2, -0.15) is 10.1 Å². The molecule has 2 aromatic rings. The van der Waals surface area contributed by atoms with Crippen molar-refractivity contribution in [1.29, 1.82) is 0 Å². The minimum atomic E-state index is -3.04. The fraction of sp³-hybridized carbons (Fsp3) is 0.609. The van der Waals surface area contributed by atoms with Crippen molar-refractivity contribution in [2.45, 2.75) is 51.0 Å². The summed E-state index contributed by atoms with van der Waals surface area (Å²) in [6.45, 7) is 3.64. The first kappa shape index (κ1) is 24.2. The van der Waals surface area contributed by atoms with Crippen LogP contribution in [0, 0.1) is 10.8 Å². The molecule has 2 saturated heterocycles. The van der Waals surface area contributed by atoms with Crippen molar-refractivity contribution in [3.63, 3.8) is 0 Å². The van der Waals surface area contributed by atoms with E-state index in [-0.39, 0.29) is 6.04 Å². The van der Waals surface area contributed by atoms with Gasteiger partial charge in [0.15, 0.2) is 0 Å². The van der Waals surface area contributed by atoms with E-state index in [9.17, 15) is 18.4 Å². The molecule has 2 amide bonds. The quantitative estimate of drug-likeness (QED) is 0.545. The van der Waals surface area contributed by atoms with Gasteiger partial charge in [-0.15, -0.1) is 0 Å². The highest BCUT2D eigenvalue weighted by Gasteiger charge is 2.81. The molecule has 36 heavy (non-hydrogen) atoms. The first-order chi connectivity index (χ1) is 17.0. The van der Waals surface area contributed by atoms with Gasteiger partial charge in [0.05, 0.1) is 17.9 Å². The third-order valence-electron chi connectivity index (χ3n) is 8.24. The van der Waals surface area contributed by atoms with Gasteiger partial charge in [0, 0.05) is 45.0 Å². The normalized spacial score (nSPS) is 25.4. The van der Waals surface area contributed by atoms with E-state index in [1.807, 2.05) is 15.8 Å². The fourth-order valence-electron chi connectivity index (χ4n) is 5.80. The number of aromatic nitrogens is 4. The van der Waals surface area contributed by atoms with Gasteiger partial charge in [0.25, 0.3) is 5.92 Å². The molecule has 1 aliphatic carbocycles. The molecule has 1 saturated carbocycles. The summed E-state index contributed by atoms with van der Waals surface area (Å²) in [5.74, 6) is -2.91. The predicted octanol–water partition coefficient (Wildman–Crippen LogP) is 2.85. The SMILES string of the molecule is CC1([C@]2(C(N)=O)CC2(F)F)CCN(c2ccnc(Nc3cnn(C4CCN(C(=O)O)CC4)c3)n2)CC1. The average Bonchev–Trinajstić information content (AvgIpc) is 3.20. The minimum Gasteiger partial charge on any atom is -0.465 e. The van der Waals surface area contributed by atoms with Crippen LogP contribution in [0.1, 0.15) is 45.1 Å². The van der Waals surface area contributed by atoms with E-state index >= 15 is 0 Å². The van der Waals surface area contributed by atoms with E-state index in [1.165, 1.54) is 4.90 Å². The molecule has 0 unspecified atom stereocenters. The Morgan fingerprint density at radius 3 is 2.44 bits per heavy atom. The van der Waals surface area contributed by atoms with Gasteiger partial charge in [0.2, 0.25) is 11.9 Å². The van der Waals surface area contributed by atoms with E-state index in [0.717, 1.165) is 0 Å². The molecule has 2 aromatic heterocycles. The highest BCUT2D eigenvalue weighted by molar-refractivity contribution is 5.87. The molecule has 1 atom stereocenters. The largest absolute Gasteiger partial charge is 0.465 e. The van der Waals surface area contributed by atoms with Gasteiger partial charge in [-0.25, -0.2) is 18.6 Å². The monoisotopic (exact) mass is 504 g/mol. The summed E-state index contributed by atoms with van der Waals surface area (Å²) in [5, 5.41) is 16.7. The Labute approximate surface area is 206 Å². The zero-order valence-electron chi connectivity index (χ0n) is 20.0. The average molecular weight is 505 g/mol. The number of halogens is 2. The molecule has 0 bridgehead atoms. The van der Waals surface area contributed by atoms with Crippen LogP contribution in [0.3, 0.4) is 0 Å². The van der Waals surface area contributed by atoms with Crippen molar-refractivity contribution >= 4 is 29.5 Å². The van der Waals surface area contributed by atoms with Gasteiger partial charge in [-0.3, -0.25) is 9.48 Å². The van der Waals surface area contributed by atoms with Gasteiger partial charge in [-0.1, -0.05) is 6.92 Å². The molecule has 0 radical (unpaired) electrons. The summed E-state index contributed by atoms with van der Waals surface area (Å²) in [7, 11) is 0. The van der Waals surface area contributed by atoms with Crippen LogP contribution >= 0.6 is 0 Å². The number of carbonyl (C=O) groups is 2. The fourth-order valence-corrected chi connectivity index (χ4v) is 5.80. The van der Waals surface area contributed by atoms with Gasteiger partial charge < -0.3 is 26.0 Å².